The standard InChI is InChI=1S/C26H25ClN6O5/c1-3-22(34)30-21-14-28-26(33(24(21)35)15-16-4-6-17(27)7-5-16)29-18-8-10-19(11-9-18)38-23-13-12-20(31-32-23)25(36)37-2/h4-13,21H,3,14-15H2,1-2H3,(H,28,29)(H,30,34). The molecule has 196 valence electrons. The number of methoxy groups -OCH3 is 1. The van der Waals surface area contributed by atoms with Crippen LogP contribution in [0.3, 0.4) is 0 Å². The first-order valence-electron chi connectivity index (χ1n) is 11.7. The third-order valence-electron chi connectivity index (χ3n) is 5.52. The smallest absolute Gasteiger partial charge is 0.358 e. The largest absolute Gasteiger partial charge is 0.464 e. The number of hydrogen-bond acceptors (Lipinski definition) is 9. The SMILES string of the molecule is CCC(=O)NC1CN=C(Nc2ccc(Oc3ccc(C(=O)OC)nn3)cc2)N(Cc2ccc(Cl)cc2)C1=O. The topological polar surface area (TPSA) is 135 Å². The number of nitrogens with one attached hydrogen (secondary N) is 2. The molecule has 3 aromatic rings. The van der Waals surface area contributed by atoms with Crippen LogP contribution in [-0.4, -0.2) is 58.5 Å². The number of nitrogens with zero attached hydrogens (tertiary/aromatic N) is 4. The third kappa shape index (κ3) is 6.62. The predicted octanol–water partition coefficient (Wildman–Crippen LogP) is 3.41. The van der Waals surface area contributed by atoms with Gasteiger partial charge in [-0.3, -0.25) is 14.5 Å². The minimum atomic E-state index is -0.747. The van der Waals surface area contributed by atoms with Gasteiger partial charge in [-0.25, -0.2) is 9.79 Å². The van der Waals surface area contributed by atoms with E-state index in [0.717, 1.165) is 5.56 Å². The van der Waals surface area contributed by atoms with Crippen LogP contribution in [0.2, 0.25) is 5.02 Å². The maximum Gasteiger partial charge on any atom is 0.358 e. The average Bonchev–Trinajstić information content (AvgIpc) is 2.94. The van der Waals surface area contributed by atoms with Gasteiger partial charge in [-0.05, 0) is 48.0 Å². The lowest BCUT2D eigenvalue weighted by Gasteiger charge is -2.32. The Morgan fingerprint density at radius 3 is 2.42 bits per heavy atom. The van der Waals surface area contributed by atoms with Crippen LogP contribution in [-0.2, 0) is 20.9 Å². The van der Waals surface area contributed by atoms with E-state index in [0.29, 0.717) is 22.4 Å². The van der Waals surface area contributed by atoms with Crippen molar-refractivity contribution in [1.82, 2.24) is 20.4 Å². The Morgan fingerprint density at radius 2 is 1.79 bits per heavy atom. The molecular weight excluding hydrogens is 512 g/mol. The molecule has 2 amide bonds. The number of benzene rings is 2. The third-order valence-corrected chi connectivity index (χ3v) is 5.77. The molecule has 0 saturated carbocycles. The van der Waals surface area contributed by atoms with Crippen LogP contribution >= 0.6 is 11.6 Å². The Labute approximate surface area is 223 Å². The number of anilines is 1. The zero-order valence-electron chi connectivity index (χ0n) is 20.7. The molecule has 1 aliphatic heterocycles. The molecule has 0 saturated heterocycles. The summed E-state index contributed by atoms with van der Waals surface area (Å²) < 4.78 is 10.3. The number of carbonyl (C=O) groups excluding carboxylic acids is 3. The lowest BCUT2D eigenvalue weighted by molar-refractivity contribution is -0.133. The quantitative estimate of drug-likeness (QED) is 0.418. The van der Waals surface area contributed by atoms with Gasteiger partial charge in [0.2, 0.25) is 17.7 Å². The average molecular weight is 537 g/mol. The fourth-order valence-corrected chi connectivity index (χ4v) is 3.64. The molecule has 1 unspecified atom stereocenters. The van der Waals surface area contributed by atoms with Gasteiger partial charge in [0.1, 0.15) is 11.8 Å². The predicted molar refractivity (Wildman–Crippen MR) is 140 cm³/mol. The Morgan fingerprint density at radius 1 is 1.05 bits per heavy atom. The number of aromatic nitrogens is 2. The van der Waals surface area contributed by atoms with Crippen molar-refractivity contribution in [2.75, 3.05) is 19.0 Å². The molecule has 0 fully saturated rings. The van der Waals surface area contributed by atoms with E-state index in [1.807, 2.05) is 12.1 Å². The van der Waals surface area contributed by atoms with Crippen molar-refractivity contribution in [3.63, 3.8) is 0 Å². The second-order valence-electron chi connectivity index (χ2n) is 8.19. The van der Waals surface area contributed by atoms with Crippen LogP contribution in [0.25, 0.3) is 0 Å². The molecule has 1 aliphatic rings. The zero-order chi connectivity index (χ0) is 27.1. The molecule has 38 heavy (non-hydrogen) atoms. The maximum atomic E-state index is 13.3. The second kappa shape index (κ2) is 12.2. The Balaban J connectivity index is 1.48. The summed E-state index contributed by atoms with van der Waals surface area (Å²) in [6.07, 6.45) is 0.269. The van der Waals surface area contributed by atoms with Crippen molar-refractivity contribution in [1.29, 1.82) is 0 Å². The Hall–Kier alpha value is -4.51. The van der Waals surface area contributed by atoms with E-state index < -0.39 is 12.0 Å². The van der Waals surface area contributed by atoms with Gasteiger partial charge >= 0.3 is 5.97 Å². The van der Waals surface area contributed by atoms with E-state index >= 15 is 0 Å². The van der Waals surface area contributed by atoms with E-state index in [4.69, 9.17) is 16.3 Å². The van der Waals surface area contributed by atoms with Gasteiger partial charge < -0.3 is 20.1 Å². The van der Waals surface area contributed by atoms with Gasteiger partial charge in [-0.1, -0.05) is 30.7 Å². The van der Waals surface area contributed by atoms with E-state index in [2.05, 4.69) is 30.6 Å². The van der Waals surface area contributed by atoms with Crippen molar-refractivity contribution in [2.24, 2.45) is 4.99 Å². The first-order chi connectivity index (χ1) is 18.4. The fourth-order valence-electron chi connectivity index (χ4n) is 3.51. The monoisotopic (exact) mass is 536 g/mol. The normalized spacial score (nSPS) is 14.9. The second-order valence-corrected chi connectivity index (χ2v) is 8.63. The molecular formula is C26H25ClN6O5. The molecule has 0 radical (unpaired) electrons. The van der Waals surface area contributed by atoms with Gasteiger partial charge in [0, 0.05) is 23.2 Å². The number of hydrogen-bond donors (Lipinski definition) is 2. The van der Waals surface area contributed by atoms with E-state index in [1.54, 1.807) is 43.3 Å². The molecule has 0 spiro atoms. The minimum Gasteiger partial charge on any atom is -0.464 e. The summed E-state index contributed by atoms with van der Waals surface area (Å²) in [6, 6.07) is 16.3. The van der Waals surface area contributed by atoms with Crippen molar-refractivity contribution >= 4 is 41.0 Å². The van der Waals surface area contributed by atoms with Crippen LogP contribution in [0.4, 0.5) is 5.69 Å². The highest BCUT2D eigenvalue weighted by Crippen LogP contribution is 2.22. The van der Waals surface area contributed by atoms with Crippen LogP contribution in [0, 0.1) is 0 Å². The molecule has 1 aromatic heterocycles. The minimum absolute atomic E-state index is 0.0712. The zero-order valence-corrected chi connectivity index (χ0v) is 21.4. The fraction of sp³-hybridized carbons (Fsp3) is 0.231. The number of carbonyl (C=O) groups is 3. The van der Waals surface area contributed by atoms with Crippen molar-refractivity contribution in [2.45, 2.75) is 25.9 Å². The van der Waals surface area contributed by atoms with E-state index in [1.165, 1.54) is 24.1 Å². The van der Waals surface area contributed by atoms with Crippen molar-refractivity contribution in [3.05, 3.63) is 76.9 Å². The molecule has 2 heterocycles. The summed E-state index contributed by atoms with van der Waals surface area (Å²) in [5.74, 6) is -0.0416. The molecule has 2 aromatic carbocycles. The summed E-state index contributed by atoms with van der Waals surface area (Å²) in [5.41, 5.74) is 1.58. The van der Waals surface area contributed by atoms with E-state index in [-0.39, 0.29) is 42.9 Å². The maximum absolute atomic E-state index is 13.3. The summed E-state index contributed by atoms with van der Waals surface area (Å²) in [6.45, 7) is 2.08. The highest BCUT2D eigenvalue weighted by molar-refractivity contribution is 6.30. The van der Waals surface area contributed by atoms with Gasteiger partial charge in [-0.2, -0.15) is 0 Å². The first-order valence-corrected chi connectivity index (χ1v) is 12.1. The van der Waals surface area contributed by atoms with Crippen molar-refractivity contribution < 1.29 is 23.9 Å². The number of guanidine groups is 1. The number of rotatable bonds is 8. The lowest BCUT2D eigenvalue weighted by Crippen LogP contribution is -2.56. The lowest BCUT2D eigenvalue weighted by atomic mass is 10.1. The molecule has 1 atom stereocenters. The Bertz CT molecular complexity index is 1330. The Kier molecular flexibility index (Phi) is 8.49. The first kappa shape index (κ1) is 26.6. The van der Waals surface area contributed by atoms with Crippen LogP contribution in [0.5, 0.6) is 11.6 Å². The highest BCUT2D eigenvalue weighted by atomic mass is 35.5. The summed E-state index contributed by atoms with van der Waals surface area (Å²) in [4.78, 5) is 42.7. The number of aliphatic imine (C=N–C) groups is 1. The summed E-state index contributed by atoms with van der Waals surface area (Å²) >= 11 is 6.00. The molecule has 0 bridgehead atoms. The van der Waals surface area contributed by atoms with Crippen molar-refractivity contribution in [3.8, 4) is 11.6 Å². The summed E-state index contributed by atoms with van der Waals surface area (Å²) in [5, 5.41) is 14.1. The highest BCUT2D eigenvalue weighted by Gasteiger charge is 2.33. The molecule has 0 aliphatic carbocycles. The van der Waals surface area contributed by atoms with Crippen LogP contribution < -0.4 is 15.4 Å². The number of halogens is 1. The molecule has 2 N–H and O–H groups in total. The van der Waals surface area contributed by atoms with Gasteiger partial charge in [0.15, 0.2) is 5.69 Å². The number of amides is 2. The van der Waals surface area contributed by atoms with Gasteiger partial charge in [0.05, 0.1) is 20.2 Å². The van der Waals surface area contributed by atoms with Crippen LogP contribution in [0.15, 0.2) is 65.7 Å². The number of esters is 1. The molecule has 4 rings (SSSR count). The molecule has 12 heteroatoms. The van der Waals surface area contributed by atoms with Crippen LogP contribution in [0.1, 0.15) is 29.4 Å². The summed E-state index contributed by atoms with van der Waals surface area (Å²) in [7, 11) is 1.26. The molecule has 11 nitrogen and oxygen atoms in total. The van der Waals surface area contributed by atoms with Gasteiger partial charge in [-0.15, -0.1) is 10.2 Å². The van der Waals surface area contributed by atoms with Gasteiger partial charge in [0.25, 0.3) is 5.91 Å². The number of ether oxygens (including phenoxy) is 2. The van der Waals surface area contributed by atoms with E-state index in [9.17, 15) is 14.4 Å².